The minimum absolute atomic E-state index is 0.189. The number of carbonyl (C=O) groups is 3. The average molecular weight is 483 g/mol. The molecule has 0 aliphatic carbocycles. The number of fused-ring (bicyclic) bond motifs is 1. The number of ether oxygens (including phenoxy) is 1. The molecule has 1 aliphatic heterocycles. The lowest BCUT2D eigenvalue weighted by Crippen LogP contribution is -2.54. The minimum atomic E-state index is -0.835. The van der Waals surface area contributed by atoms with E-state index in [0.717, 1.165) is 21.2 Å². The molecule has 0 bridgehead atoms. The number of amides is 4. The summed E-state index contributed by atoms with van der Waals surface area (Å²) in [5, 5.41) is 4.32. The molecule has 4 aromatic rings. The largest absolute Gasteiger partial charge is 0.488 e. The van der Waals surface area contributed by atoms with Crippen molar-refractivity contribution in [3.05, 3.63) is 113 Å². The van der Waals surface area contributed by atoms with Crippen LogP contribution < -0.4 is 15.0 Å². The molecule has 1 N–H and O–H groups in total. The molecule has 6 nitrogen and oxygen atoms in total. The Morgan fingerprint density at radius 1 is 0.857 bits per heavy atom. The van der Waals surface area contributed by atoms with Gasteiger partial charge in [0.15, 0.2) is 0 Å². The minimum Gasteiger partial charge on any atom is -0.488 e. The number of rotatable bonds is 5. The third-order valence-electron chi connectivity index (χ3n) is 5.62. The van der Waals surface area contributed by atoms with Gasteiger partial charge in [-0.05, 0) is 46.7 Å². The van der Waals surface area contributed by atoms with Crippen molar-refractivity contribution in [3.63, 3.8) is 0 Å². The van der Waals surface area contributed by atoms with Gasteiger partial charge < -0.3 is 4.74 Å². The zero-order valence-electron chi connectivity index (χ0n) is 18.4. The van der Waals surface area contributed by atoms with Crippen LogP contribution in [0.2, 0.25) is 5.02 Å². The number of anilines is 1. The van der Waals surface area contributed by atoms with E-state index in [9.17, 15) is 14.4 Å². The first kappa shape index (κ1) is 22.4. The molecule has 0 saturated carbocycles. The van der Waals surface area contributed by atoms with Crippen molar-refractivity contribution in [2.24, 2.45) is 0 Å². The lowest BCUT2D eigenvalue weighted by Gasteiger charge is -2.26. The summed E-state index contributed by atoms with van der Waals surface area (Å²) in [4.78, 5) is 39.6. The SMILES string of the molecule is O=C1NC(=O)N(c2cccc(Cl)c2)C(=O)/C1=C/c1c(OCc2ccccc2)ccc2ccccc12. The lowest BCUT2D eigenvalue weighted by atomic mass is 9.99. The van der Waals surface area contributed by atoms with E-state index in [1.807, 2.05) is 66.7 Å². The fourth-order valence-electron chi connectivity index (χ4n) is 3.94. The number of hydrogen-bond acceptors (Lipinski definition) is 4. The van der Waals surface area contributed by atoms with Crippen molar-refractivity contribution < 1.29 is 19.1 Å². The first-order valence-electron chi connectivity index (χ1n) is 10.9. The van der Waals surface area contributed by atoms with E-state index in [2.05, 4.69) is 5.32 Å². The topological polar surface area (TPSA) is 75.7 Å². The Kier molecular flexibility index (Phi) is 6.04. The normalized spacial score (nSPS) is 14.9. The number of urea groups is 1. The van der Waals surface area contributed by atoms with E-state index in [1.54, 1.807) is 18.2 Å². The standard InChI is InChI=1S/C28H19ClN2O4/c29-20-10-6-11-21(15-20)31-27(33)24(26(32)30-28(31)34)16-23-22-12-5-4-9-19(22)13-14-25(23)35-17-18-7-2-1-3-8-18/h1-16H,17H2,(H,30,32,34)/b24-16+. The molecule has 4 amide bonds. The number of barbiturate groups is 1. The van der Waals surface area contributed by atoms with Gasteiger partial charge in [-0.1, -0.05) is 78.3 Å². The molecule has 1 aliphatic rings. The van der Waals surface area contributed by atoms with E-state index in [1.165, 1.54) is 12.1 Å². The van der Waals surface area contributed by atoms with Crippen LogP contribution in [0.5, 0.6) is 5.75 Å². The lowest BCUT2D eigenvalue weighted by molar-refractivity contribution is -0.122. The molecule has 0 radical (unpaired) electrons. The number of carbonyl (C=O) groups excluding carboxylic acids is 3. The summed E-state index contributed by atoms with van der Waals surface area (Å²) in [5.41, 5.74) is 1.61. The fraction of sp³-hybridized carbons (Fsp3) is 0.0357. The van der Waals surface area contributed by atoms with Gasteiger partial charge in [-0.3, -0.25) is 14.9 Å². The van der Waals surface area contributed by atoms with Gasteiger partial charge in [0.05, 0.1) is 5.69 Å². The molecule has 7 heteroatoms. The van der Waals surface area contributed by atoms with Crippen LogP contribution in [0, 0.1) is 0 Å². The molecule has 1 fully saturated rings. The Balaban J connectivity index is 1.59. The average Bonchev–Trinajstić information content (AvgIpc) is 2.86. The highest BCUT2D eigenvalue weighted by atomic mass is 35.5. The van der Waals surface area contributed by atoms with Gasteiger partial charge in [-0.25, -0.2) is 9.69 Å². The van der Waals surface area contributed by atoms with Crippen molar-refractivity contribution in [2.75, 3.05) is 4.90 Å². The number of nitrogens with one attached hydrogen (secondary N) is 1. The van der Waals surface area contributed by atoms with Gasteiger partial charge >= 0.3 is 6.03 Å². The van der Waals surface area contributed by atoms with Crippen molar-refractivity contribution in [1.82, 2.24) is 5.32 Å². The van der Waals surface area contributed by atoms with Gasteiger partial charge in [0.1, 0.15) is 17.9 Å². The Hall–Kier alpha value is -4.42. The predicted octanol–water partition coefficient (Wildman–Crippen LogP) is 5.74. The first-order valence-corrected chi connectivity index (χ1v) is 11.2. The molecule has 1 saturated heterocycles. The third-order valence-corrected chi connectivity index (χ3v) is 5.86. The monoisotopic (exact) mass is 482 g/mol. The summed E-state index contributed by atoms with van der Waals surface area (Å²) in [6, 6.07) is 26.5. The van der Waals surface area contributed by atoms with Crippen LogP contribution in [0.1, 0.15) is 11.1 Å². The van der Waals surface area contributed by atoms with Crippen LogP contribution in [0.15, 0.2) is 96.6 Å². The molecule has 172 valence electrons. The van der Waals surface area contributed by atoms with Crippen LogP contribution in [-0.2, 0) is 16.2 Å². The molecule has 35 heavy (non-hydrogen) atoms. The smallest absolute Gasteiger partial charge is 0.335 e. The number of halogens is 1. The molecule has 0 atom stereocenters. The van der Waals surface area contributed by atoms with Crippen molar-refractivity contribution >= 4 is 52.0 Å². The Morgan fingerprint density at radius 2 is 1.63 bits per heavy atom. The molecular weight excluding hydrogens is 464 g/mol. The van der Waals surface area contributed by atoms with E-state index < -0.39 is 17.8 Å². The second-order valence-electron chi connectivity index (χ2n) is 7.91. The van der Waals surface area contributed by atoms with E-state index in [4.69, 9.17) is 16.3 Å². The van der Waals surface area contributed by atoms with Crippen LogP contribution in [0.4, 0.5) is 10.5 Å². The van der Waals surface area contributed by atoms with Crippen molar-refractivity contribution in [2.45, 2.75) is 6.61 Å². The third kappa shape index (κ3) is 4.52. The molecule has 0 unspecified atom stereocenters. The zero-order valence-corrected chi connectivity index (χ0v) is 19.2. The summed E-state index contributed by atoms with van der Waals surface area (Å²) >= 11 is 6.06. The van der Waals surface area contributed by atoms with E-state index >= 15 is 0 Å². The maximum atomic E-state index is 13.4. The number of imide groups is 2. The van der Waals surface area contributed by atoms with Gasteiger partial charge in [0, 0.05) is 10.6 Å². The van der Waals surface area contributed by atoms with Crippen LogP contribution in [0.25, 0.3) is 16.8 Å². The fourth-order valence-corrected chi connectivity index (χ4v) is 4.12. The van der Waals surface area contributed by atoms with Crippen molar-refractivity contribution in [1.29, 1.82) is 0 Å². The second-order valence-corrected chi connectivity index (χ2v) is 8.35. The maximum absolute atomic E-state index is 13.4. The van der Waals surface area contributed by atoms with Gasteiger partial charge in [-0.2, -0.15) is 0 Å². The van der Waals surface area contributed by atoms with Gasteiger partial charge in [0.25, 0.3) is 11.8 Å². The summed E-state index contributed by atoms with van der Waals surface area (Å²) in [7, 11) is 0. The van der Waals surface area contributed by atoms with E-state index in [-0.39, 0.29) is 11.3 Å². The predicted molar refractivity (Wildman–Crippen MR) is 135 cm³/mol. The van der Waals surface area contributed by atoms with Crippen LogP contribution in [-0.4, -0.2) is 17.8 Å². The quantitative estimate of drug-likeness (QED) is 0.291. The van der Waals surface area contributed by atoms with E-state index in [0.29, 0.717) is 22.9 Å². The Bertz CT molecular complexity index is 1500. The molecular formula is C28H19ClN2O4. The Morgan fingerprint density at radius 3 is 2.43 bits per heavy atom. The molecule has 0 spiro atoms. The first-order chi connectivity index (χ1) is 17.0. The van der Waals surface area contributed by atoms with Gasteiger partial charge in [-0.15, -0.1) is 0 Å². The number of benzene rings is 4. The summed E-state index contributed by atoms with van der Waals surface area (Å²) in [5.74, 6) is -1.02. The highest BCUT2D eigenvalue weighted by Crippen LogP contribution is 2.32. The van der Waals surface area contributed by atoms with Crippen molar-refractivity contribution in [3.8, 4) is 5.75 Å². The Labute approximate surface area is 206 Å². The maximum Gasteiger partial charge on any atom is 0.335 e. The molecule has 1 heterocycles. The zero-order chi connectivity index (χ0) is 24.4. The number of nitrogens with zero attached hydrogens (tertiary/aromatic N) is 1. The number of hydrogen-bond donors (Lipinski definition) is 1. The van der Waals surface area contributed by atoms with Crippen LogP contribution in [0.3, 0.4) is 0 Å². The highest BCUT2D eigenvalue weighted by molar-refractivity contribution is 6.39. The highest BCUT2D eigenvalue weighted by Gasteiger charge is 2.37. The summed E-state index contributed by atoms with van der Waals surface area (Å²) < 4.78 is 6.11. The molecule has 4 aromatic carbocycles. The molecule has 5 rings (SSSR count). The molecule has 0 aromatic heterocycles. The van der Waals surface area contributed by atoms with Gasteiger partial charge in [0.2, 0.25) is 0 Å². The van der Waals surface area contributed by atoms with Crippen LogP contribution >= 0.6 is 11.6 Å². The second kappa shape index (κ2) is 9.44. The summed E-state index contributed by atoms with van der Waals surface area (Å²) in [6.45, 7) is 0.308. The summed E-state index contributed by atoms with van der Waals surface area (Å²) in [6.07, 6.45) is 1.48.